The van der Waals surface area contributed by atoms with Gasteiger partial charge >= 0.3 is 11.9 Å². The van der Waals surface area contributed by atoms with Crippen LogP contribution in [0.15, 0.2) is 23.8 Å². The topological polar surface area (TPSA) is 86.7 Å². The minimum Gasteiger partial charge on any atom is -0.462 e. The van der Waals surface area contributed by atoms with Gasteiger partial charge in [0.2, 0.25) is 0 Å². The van der Waals surface area contributed by atoms with Gasteiger partial charge in [-0.1, -0.05) is 26.0 Å². The lowest BCUT2D eigenvalue weighted by atomic mass is 9.48. The predicted octanol–water partition coefficient (Wildman–Crippen LogP) is 3.58. The van der Waals surface area contributed by atoms with Crippen LogP contribution in [0.1, 0.15) is 59.8 Å². The van der Waals surface area contributed by atoms with E-state index in [1.807, 2.05) is 6.92 Å². The molecule has 0 amide bonds. The molecule has 4 rings (SSSR count). The van der Waals surface area contributed by atoms with Gasteiger partial charge in [-0.2, -0.15) is 0 Å². The van der Waals surface area contributed by atoms with Gasteiger partial charge in [-0.25, -0.2) is 0 Å². The monoisotopic (exact) mass is 428 g/mol. The van der Waals surface area contributed by atoms with Crippen molar-refractivity contribution in [2.75, 3.05) is 6.61 Å². The Bertz CT molecular complexity index is 884. The van der Waals surface area contributed by atoms with Crippen LogP contribution in [0.25, 0.3) is 0 Å². The maximum Gasteiger partial charge on any atom is 0.303 e. The molecule has 0 unspecified atom stereocenters. The Kier molecular flexibility index (Phi) is 5.47. The molecule has 168 valence electrons. The van der Waals surface area contributed by atoms with Crippen LogP contribution in [0.5, 0.6) is 0 Å². The van der Waals surface area contributed by atoms with Crippen LogP contribution in [-0.4, -0.2) is 36.2 Å². The summed E-state index contributed by atoms with van der Waals surface area (Å²) < 4.78 is 10.8. The Labute approximate surface area is 183 Å². The molecule has 0 heterocycles. The molecule has 0 spiro atoms. The maximum atomic E-state index is 13.7. The Hall–Kier alpha value is -2.24. The van der Waals surface area contributed by atoms with Crippen LogP contribution in [0, 0.1) is 34.5 Å². The third-order valence-corrected chi connectivity index (χ3v) is 8.66. The van der Waals surface area contributed by atoms with Crippen LogP contribution >= 0.6 is 0 Å². The zero-order valence-corrected chi connectivity index (χ0v) is 18.8. The molecule has 0 aliphatic heterocycles. The number of carbonyl (C=O) groups is 4. The molecule has 7 atom stereocenters. The van der Waals surface area contributed by atoms with Gasteiger partial charge in [0.1, 0.15) is 18.5 Å². The molecule has 0 aromatic carbocycles. The molecule has 2 saturated carbocycles. The van der Waals surface area contributed by atoms with Gasteiger partial charge in [0, 0.05) is 38.0 Å². The summed E-state index contributed by atoms with van der Waals surface area (Å²) in [4.78, 5) is 48.8. The van der Waals surface area contributed by atoms with E-state index in [1.165, 1.54) is 13.8 Å². The minimum absolute atomic E-state index is 0.0220. The molecule has 0 N–H and O–H groups in total. The molecule has 0 bridgehead atoms. The highest BCUT2D eigenvalue weighted by molar-refractivity contribution is 5.93. The number of rotatable bonds is 4. The molecule has 4 aliphatic rings. The van der Waals surface area contributed by atoms with Gasteiger partial charge in [-0.3, -0.25) is 19.2 Å². The lowest BCUT2D eigenvalue weighted by Gasteiger charge is -2.55. The Balaban J connectivity index is 1.67. The molecular weight excluding hydrogens is 396 g/mol. The second-order valence-electron chi connectivity index (χ2n) is 10.2. The molecule has 31 heavy (non-hydrogen) atoms. The Morgan fingerprint density at radius 1 is 1.13 bits per heavy atom. The fraction of sp³-hybridized carbons (Fsp3) is 0.680. The fourth-order valence-electron chi connectivity index (χ4n) is 7.00. The van der Waals surface area contributed by atoms with E-state index in [4.69, 9.17) is 9.47 Å². The normalized spacial score (nSPS) is 39.7. The highest BCUT2D eigenvalue weighted by Gasteiger charge is 2.63. The number of hydrogen-bond acceptors (Lipinski definition) is 6. The van der Waals surface area contributed by atoms with Crippen molar-refractivity contribution in [1.29, 1.82) is 0 Å². The second kappa shape index (κ2) is 7.72. The summed E-state index contributed by atoms with van der Waals surface area (Å²) >= 11 is 0. The molecule has 6 heteroatoms. The van der Waals surface area contributed by atoms with Gasteiger partial charge in [0.15, 0.2) is 5.78 Å². The molecule has 0 saturated heterocycles. The van der Waals surface area contributed by atoms with Crippen molar-refractivity contribution < 1.29 is 28.7 Å². The van der Waals surface area contributed by atoms with E-state index in [2.05, 4.69) is 19.1 Å². The van der Waals surface area contributed by atoms with Crippen LogP contribution < -0.4 is 0 Å². The number of fused-ring (bicyclic) bond motifs is 5. The Morgan fingerprint density at radius 3 is 2.55 bits per heavy atom. The first-order valence-electron chi connectivity index (χ1n) is 11.3. The standard InChI is InChI=1S/C25H32O6/c1-14(26)30-13-22(31-15(2)27)20-8-7-19-18-6-5-16-11-17(28)9-10-24(16,3)21(18)12-23(29)25(19,20)4/h5-6,11,18-22H,7-10,12-13H2,1-4H3/t18-,19-,20+,21-,22+,24-,25-/m0/s1. The SMILES string of the molecule is CC(=O)OC[C@@H](OC(C)=O)[C@H]1CC[C@H]2[C@@H]3C=CC4=CC(=O)CC[C@]4(C)[C@H]3CC(=O)[C@]12C. The largest absolute Gasteiger partial charge is 0.462 e. The van der Waals surface area contributed by atoms with Crippen molar-refractivity contribution >= 4 is 23.5 Å². The van der Waals surface area contributed by atoms with E-state index in [1.54, 1.807) is 6.08 Å². The first kappa shape index (κ1) is 22.0. The van der Waals surface area contributed by atoms with Crippen molar-refractivity contribution in [3.63, 3.8) is 0 Å². The van der Waals surface area contributed by atoms with E-state index in [-0.39, 0.29) is 47.3 Å². The predicted molar refractivity (Wildman–Crippen MR) is 113 cm³/mol. The molecule has 6 nitrogen and oxygen atoms in total. The van der Waals surface area contributed by atoms with E-state index in [0.29, 0.717) is 12.8 Å². The van der Waals surface area contributed by atoms with E-state index in [0.717, 1.165) is 24.8 Å². The minimum atomic E-state index is -0.631. The molecular formula is C25H32O6. The van der Waals surface area contributed by atoms with Crippen LogP contribution in [0.2, 0.25) is 0 Å². The van der Waals surface area contributed by atoms with Gasteiger partial charge < -0.3 is 9.47 Å². The van der Waals surface area contributed by atoms with E-state index < -0.39 is 23.5 Å². The van der Waals surface area contributed by atoms with Crippen LogP contribution in [-0.2, 0) is 28.7 Å². The average molecular weight is 429 g/mol. The fourth-order valence-corrected chi connectivity index (χ4v) is 7.00. The number of hydrogen-bond donors (Lipinski definition) is 0. The number of ether oxygens (including phenoxy) is 2. The summed E-state index contributed by atoms with van der Waals surface area (Å²) in [6.07, 6.45) is 8.85. The lowest BCUT2D eigenvalue weighted by Crippen LogP contribution is -2.55. The highest BCUT2D eigenvalue weighted by atomic mass is 16.6. The lowest BCUT2D eigenvalue weighted by molar-refractivity contribution is -0.168. The zero-order valence-electron chi connectivity index (χ0n) is 18.8. The summed E-state index contributed by atoms with van der Waals surface area (Å²) in [6.45, 7) is 6.87. The van der Waals surface area contributed by atoms with Crippen molar-refractivity contribution in [2.45, 2.75) is 65.9 Å². The molecule has 4 aliphatic carbocycles. The smallest absolute Gasteiger partial charge is 0.303 e. The number of Topliss-reactive ketones (excluding diaryl/α,β-unsaturated/α-hetero) is 1. The van der Waals surface area contributed by atoms with Gasteiger partial charge in [-0.05, 0) is 54.1 Å². The first-order valence-corrected chi connectivity index (χ1v) is 11.3. The molecule has 2 fully saturated rings. The second-order valence-corrected chi connectivity index (χ2v) is 10.2. The van der Waals surface area contributed by atoms with E-state index >= 15 is 0 Å². The summed E-state index contributed by atoms with van der Waals surface area (Å²) in [7, 11) is 0. The quantitative estimate of drug-likeness (QED) is 0.636. The average Bonchev–Trinajstić information content (AvgIpc) is 3.05. The van der Waals surface area contributed by atoms with E-state index in [9.17, 15) is 19.2 Å². The summed E-state index contributed by atoms with van der Waals surface area (Å²) in [5, 5.41) is 0. The summed E-state index contributed by atoms with van der Waals surface area (Å²) in [5.74, 6) is -0.103. The van der Waals surface area contributed by atoms with Crippen molar-refractivity contribution in [2.24, 2.45) is 34.5 Å². The molecule has 0 aromatic rings. The number of carbonyl (C=O) groups excluding carboxylic acids is 4. The van der Waals surface area contributed by atoms with Gasteiger partial charge in [-0.15, -0.1) is 0 Å². The van der Waals surface area contributed by atoms with Crippen molar-refractivity contribution in [3.05, 3.63) is 23.8 Å². The third-order valence-electron chi connectivity index (χ3n) is 8.66. The van der Waals surface area contributed by atoms with Crippen LogP contribution in [0.3, 0.4) is 0 Å². The number of ketones is 2. The number of allylic oxidation sites excluding steroid dienone is 4. The van der Waals surface area contributed by atoms with Gasteiger partial charge in [0.05, 0.1) is 0 Å². The zero-order chi connectivity index (χ0) is 22.6. The van der Waals surface area contributed by atoms with Gasteiger partial charge in [0.25, 0.3) is 0 Å². The van der Waals surface area contributed by atoms with Crippen molar-refractivity contribution in [1.82, 2.24) is 0 Å². The van der Waals surface area contributed by atoms with Crippen LogP contribution in [0.4, 0.5) is 0 Å². The summed E-state index contributed by atoms with van der Waals surface area (Å²) in [6, 6.07) is 0. The third kappa shape index (κ3) is 3.48. The summed E-state index contributed by atoms with van der Waals surface area (Å²) in [5.41, 5.74) is 0.270. The molecule has 0 aromatic heterocycles. The number of esters is 2. The highest BCUT2D eigenvalue weighted by Crippen LogP contribution is 2.64. The maximum absolute atomic E-state index is 13.7. The molecule has 0 radical (unpaired) electrons. The first-order chi connectivity index (χ1) is 14.6. The Morgan fingerprint density at radius 2 is 1.87 bits per heavy atom. The van der Waals surface area contributed by atoms with Crippen molar-refractivity contribution in [3.8, 4) is 0 Å².